The van der Waals surface area contributed by atoms with Crippen LogP contribution in [0.1, 0.15) is 104 Å². The second-order valence-corrected chi connectivity index (χ2v) is 8.47. The number of hydrogen-bond acceptors (Lipinski definition) is 4. The van der Waals surface area contributed by atoms with E-state index >= 15 is 0 Å². The summed E-state index contributed by atoms with van der Waals surface area (Å²) in [7, 11) is 0. The summed E-state index contributed by atoms with van der Waals surface area (Å²) < 4.78 is 11.0. The molecule has 4 nitrogen and oxygen atoms in total. The van der Waals surface area contributed by atoms with Gasteiger partial charge in [-0.25, -0.2) is 0 Å². The zero-order chi connectivity index (χ0) is 21.4. The van der Waals surface area contributed by atoms with E-state index in [0.29, 0.717) is 18.1 Å². The number of carbonyl (C=O) groups excluding carboxylic acids is 1. The molecule has 0 heterocycles. The third-order valence-electron chi connectivity index (χ3n) is 5.05. The molecule has 0 bridgehead atoms. The van der Waals surface area contributed by atoms with E-state index in [-0.39, 0.29) is 6.42 Å². The van der Waals surface area contributed by atoms with Crippen LogP contribution in [-0.4, -0.2) is 17.0 Å². The summed E-state index contributed by atoms with van der Waals surface area (Å²) in [5.74, 6) is -1.27. The van der Waals surface area contributed by atoms with E-state index in [1.807, 2.05) is 18.2 Å². The lowest BCUT2D eigenvalue weighted by atomic mass is 10.1. The number of hydrogen-bond donors (Lipinski definition) is 1. The summed E-state index contributed by atoms with van der Waals surface area (Å²) in [5.41, 5.74) is 0. The maximum atomic E-state index is 12.3. The highest BCUT2D eigenvalue weighted by Crippen LogP contribution is 2.24. The van der Waals surface area contributed by atoms with Gasteiger partial charge in [0.05, 0.1) is 6.42 Å². The molecule has 4 heteroatoms. The third kappa shape index (κ3) is 13.3. The standard InChI is InChI=1S/C25H42O4/c1-4-5-6-7-8-9-10-11-15-20-24(26)29-25(27,21-16-17-22(2)3)28-23-18-13-12-14-19-23/h12-14,18-19,22,27H,4-11,15-17,20-21H2,1-3H3. The van der Waals surface area contributed by atoms with Crippen molar-refractivity contribution in [2.24, 2.45) is 5.92 Å². The summed E-state index contributed by atoms with van der Waals surface area (Å²) >= 11 is 0. The molecule has 1 N–H and O–H groups in total. The van der Waals surface area contributed by atoms with Gasteiger partial charge in [-0.05, 0) is 30.9 Å². The third-order valence-corrected chi connectivity index (χ3v) is 5.05. The highest BCUT2D eigenvalue weighted by atomic mass is 16.8. The van der Waals surface area contributed by atoms with Crippen LogP contribution in [0.5, 0.6) is 5.75 Å². The van der Waals surface area contributed by atoms with Gasteiger partial charge >= 0.3 is 11.9 Å². The van der Waals surface area contributed by atoms with E-state index in [2.05, 4.69) is 20.8 Å². The van der Waals surface area contributed by atoms with Crippen molar-refractivity contribution >= 4 is 5.97 Å². The van der Waals surface area contributed by atoms with Crippen molar-refractivity contribution in [2.75, 3.05) is 0 Å². The Kier molecular flexibility index (Phi) is 13.5. The number of para-hydroxylation sites is 1. The summed E-state index contributed by atoms with van der Waals surface area (Å²) in [5, 5.41) is 10.8. The topological polar surface area (TPSA) is 55.8 Å². The number of carbonyl (C=O) groups is 1. The molecule has 0 radical (unpaired) electrons. The predicted octanol–water partition coefficient (Wildman–Crippen LogP) is 7.00. The van der Waals surface area contributed by atoms with Crippen LogP contribution in [0.3, 0.4) is 0 Å². The molecule has 29 heavy (non-hydrogen) atoms. The Morgan fingerprint density at radius 1 is 0.931 bits per heavy atom. The minimum Gasteiger partial charge on any atom is -0.430 e. The Bertz CT molecular complexity index is 529. The first kappa shape index (κ1) is 25.5. The molecule has 166 valence electrons. The molecule has 0 spiro atoms. The van der Waals surface area contributed by atoms with Gasteiger partial charge in [0.2, 0.25) is 0 Å². The molecule has 0 amide bonds. The van der Waals surface area contributed by atoms with Gasteiger partial charge in [-0.15, -0.1) is 0 Å². The number of benzene rings is 1. The lowest BCUT2D eigenvalue weighted by molar-refractivity contribution is -0.306. The molecular weight excluding hydrogens is 364 g/mol. The van der Waals surface area contributed by atoms with Gasteiger partial charge < -0.3 is 14.6 Å². The van der Waals surface area contributed by atoms with Gasteiger partial charge in [-0.2, -0.15) is 0 Å². The highest BCUT2D eigenvalue weighted by molar-refractivity contribution is 5.69. The summed E-state index contributed by atoms with van der Waals surface area (Å²) in [6.07, 6.45) is 13.0. The minimum atomic E-state index is -1.90. The maximum Gasteiger partial charge on any atom is 0.371 e. The van der Waals surface area contributed by atoms with Gasteiger partial charge in [-0.1, -0.05) is 96.8 Å². The van der Waals surface area contributed by atoms with Crippen molar-refractivity contribution in [2.45, 2.75) is 110 Å². The Balaban J connectivity index is 2.35. The molecule has 1 rings (SSSR count). The number of ether oxygens (including phenoxy) is 2. The van der Waals surface area contributed by atoms with E-state index in [1.54, 1.807) is 12.1 Å². The fraction of sp³-hybridized carbons (Fsp3) is 0.720. The largest absolute Gasteiger partial charge is 0.430 e. The molecule has 0 saturated heterocycles. The lowest BCUT2D eigenvalue weighted by Gasteiger charge is -2.28. The molecule has 1 aromatic rings. The minimum absolute atomic E-state index is 0.267. The highest BCUT2D eigenvalue weighted by Gasteiger charge is 2.34. The first-order valence-corrected chi connectivity index (χ1v) is 11.6. The molecule has 1 atom stereocenters. The molecule has 1 unspecified atom stereocenters. The van der Waals surface area contributed by atoms with E-state index in [9.17, 15) is 9.90 Å². The van der Waals surface area contributed by atoms with Crippen LogP contribution >= 0.6 is 0 Å². The van der Waals surface area contributed by atoms with E-state index in [1.165, 1.54) is 38.5 Å². The zero-order valence-electron chi connectivity index (χ0n) is 18.8. The fourth-order valence-corrected chi connectivity index (χ4v) is 3.34. The average molecular weight is 407 g/mol. The first-order chi connectivity index (χ1) is 13.9. The van der Waals surface area contributed by atoms with E-state index in [4.69, 9.17) is 9.47 Å². The summed E-state index contributed by atoms with van der Waals surface area (Å²) in [4.78, 5) is 12.3. The average Bonchev–Trinajstić information content (AvgIpc) is 2.67. The van der Waals surface area contributed by atoms with Crippen molar-refractivity contribution in [1.29, 1.82) is 0 Å². The normalized spacial score (nSPS) is 13.3. The monoisotopic (exact) mass is 406 g/mol. The van der Waals surface area contributed by atoms with Gasteiger partial charge in [0.25, 0.3) is 0 Å². The molecule has 0 saturated carbocycles. The summed E-state index contributed by atoms with van der Waals surface area (Å²) in [6, 6.07) is 9.03. The first-order valence-electron chi connectivity index (χ1n) is 11.6. The van der Waals surface area contributed by atoms with Crippen molar-refractivity contribution in [3.63, 3.8) is 0 Å². The molecule has 0 aliphatic rings. The number of aliphatic hydroxyl groups is 1. The van der Waals surface area contributed by atoms with Crippen LogP contribution in [0.25, 0.3) is 0 Å². The second-order valence-electron chi connectivity index (χ2n) is 8.47. The molecular formula is C25H42O4. The van der Waals surface area contributed by atoms with E-state index < -0.39 is 11.9 Å². The molecule has 0 aliphatic carbocycles. The molecule has 0 fully saturated rings. The molecule has 0 aliphatic heterocycles. The smallest absolute Gasteiger partial charge is 0.371 e. The maximum absolute atomic E-state index is 12.3. The van der Waals surface area contributed by atoms with Crippen molar-refractivity contribution < 1.29 is 19.4 Å². The summed E-state index contributed by atoms with van der Waals surface area (Å²) in [6.45, 7) is 6.50. The van der Waals surface area contributed by atoms with Gasteiger partial charge in [-0.3, -0.25) is 4.79 Å². The number of rotatable bonds is 17. The second kappa shape index (κ2) is 15.3. The van der Waals surface area contributed by atoms with Gasteiger partial charge in [0.15, 0.2) is 0 Å². The van der Waals surface area contributed by atoms with Crippen LogP contribution in [0.15, 0.2) is 30.3 Å². The van der Waals surface area contributed by atoms with Crippen LogP contribution < -0.4 is 4.74 Å². The SMILES string of the molecule is CCCCCCCCCCCC(=O)OC(O)(CCCC(C)C)Oc1ccccc1. The van der Waals surface area contributed by atoms with E-state index in [0.717, 1.165) is 32.1 Å². The molecule has 1 aromatic carbocycles. The quantitative estimate of drug-likeness (QED) is 0.172. The Labute approximate surface area is 178 Å². The Morgan fingerprint density at radius 2 is 1.52 bits per heavy atom. The fourth-order valence-electron chi connectivity index (χ4n) is 3.34. The van der Waals surface area contributed by atoms with Crippen LogP contribution in [0.4, 0.5) is 0 Å². The number of unbranched alkanes of at least 4 members (excludes halogenated alkanes) is 8. The lowest BCUT2D eigenvalue weighted by Crippen LogP contribution is -2.41. The Morgan fingerprint density at radius 3 is 2.10 bits per heavy atom. The van der Waals surface area contributed by atoms with Crippen LogP contribution in [0.2, 0.25) is 0 Å². The van der Waals surface area contributed by atoms with Crippen molar-refractivity contribution in [3.05, 3.63) is 30.3 Å². The van der Waals surface area contributed by atoms with Gasteiger partial charge in [0.1, 0.15) is 5.75 Å². The predicted molar refractivity (Wildman–Crippen MR) is 119 cm³/mol. The molecule has 0 aromatic heterocycles. The number of esters is 1. The van der Waals surface area contributed by atoms with Gasteiger partial charge in [0, 0.05) is 6.42 Å². The van der Waals surface area contributed by atoms with Crippen LogP contribution in [0, 0.1) is 5.92 Å². The Hall–Kier alpha value is -1.55. The van der Waals surface area contributed by atoms with Crippen LogP contribution in [-0.2, 0) is 9.53 Å². The zero-order valence-corrected chi connectivity index (χ0v) is 18.8. The van der Waals surface area contributed by atoms with Crippen molar-refractivity contribution in [1.82, 2.24) is 0 Å². The van der Waals surface area contributed by atoms with Crippen molar-refractivity contribution in [3.8, 4) is 5.75 Å².